The van der Waals surface area contributed by atoms with Gasteiger partial charge in [0.05, 0.1) is 0 Å². The third-order valence-corrected chi connectivity index (χ3v) is 1.73. The molecule has 0 N–H and O–H groups in total. The summed E-state index contributed by atoms with van der Waals surface area (Å²) in [7, 11) is 0. The van der Waals surface area contributed by atoms with Gasteiger partial charge in [-0.15, -0.1) is 0 Å². The van der Waals surface area contributed by atoms with Crippen LogP contribution in [-0.2, 0) is 10.5 Å². The fraction of sp³-hybridized carbons (Fsp3) is 0.222. The predicted octanol–water partition coefficient (Wildman–Crippen LogP) is 2.04. The molecule has 0 heterocycles. The van der Waals surface area contributed by atoms with E-state index >= 15 is 0 Å². The molecule has 0 atom stereocenters. The van der Waals surface area contributed by atoms with Crippen LogP contribution >= 0.6 is 12.6 Å². The van der Waals surface area contributed by atoms with Crippen LogP contribution in [0.5, 0.6) is 5.75 Å². The summed E-state index contributed by atoms with van der Waals surface area (Å²) in [5, 5.41) is 0. The van der Waals surface area contributed by atoms with Crippen molar-refractivity contribution < 1.29 is 9.53 Å². The van der Waals surface area contributed by atoms with E-state index in [1.807, 2.05) is 12.1 Å². The zero-order valence-electron chi connectivity index (χ0n) is 6.78. The molecule has 0 aromatic heterocycles. The third-order valence-electron chi connectivity index (χ3n) is 1.37. The Morgan fingerprint density at radius 2 is 2.00 bits per heavy atom. The van der Waals surface area contributed by atoms with E-state index < -0.39 is 0 Å². The van der Waals surface area contributed by atoms with Crippen molar-refractivity contribution in [3.8, 4) is 5.75 Å². The molecule has 0 aliphatic carbocycles. The SMILES string of the molecule is CC(=O)Oc1ccc(CS)cc1. The zero-order valence-corrected chi connectivity index (χ0v) is 7.67. The largest absolute Gasteiger partial charge is 0.427 e. The van der Waals surface area contributed by atoms with Crippen molar-refractivity contribution in [1.29, 1.82) is 0 Å². The number of carbonyl (C=O) groups excluding carboxylic acids is 1. The average molecular weight is 182 g/mol. The van der Waals surface area contributed by atoms with Crippen molar-refractivity contribution in [2.75, 3.05) is 0 Å². The molecule has 1 aromatic rings. The minimum absolute atomic E-state index is 0.298. The molecular formula is C9H10O2S. The molecule has 0 saturated heterocycles. The molecule has 3 heteroatoms. The van der Waals surface area contributed by atoms with E-state index in [0.29, 0.717) is 11.5 Å². The van der Waals surface area contributed by atoms with Crippen molar-refractivity contribution >= 4 is 18.6 Å². The summed E-state index contributed by atoms with van der Waals surface area (Å²) in [6, 6.07) is 7.27. The Balaban J connectivity index is 2.71. The Kier molecular flexibility index (Phi) is 3.17. The molecule has 1 aromatic carbocycles. The molecule has 0 saturated carbocycles. The molecule has 2 nitrogen and oxygen atoms in total. The molecule has 0 fully saturated rings. The topological polar surface area (TPSA) is 26.3 Å². The van der Waals surface area contributed by atoms with Crippen LogP contribution in [0.1, 0.15) is 12.5 Å². The van der Waals surface area contributed by atoms with Crippen LogP contribution < -0.4 is 4.74 Å². The number of carbonyl (C=O) groups is 1. The van der Waals surface area contributed by atoms with Gasteiger partial charge in [-0.3, -0.25) is 4.79 Å². The first-order chi connectivity index (χ1) is 5.72. The molecule has 1 rings (SSSR count). The van der Waals surface area contributed by atoms with E-state index in [-0.39, 0.29) is 5.97 Å². The quantitative estimate of drug-likeness (QED) is 0.430. The summed E-state index contributed by atoms with van der Waals surface area (Å²) in [4.78, 5) is 10.5. The molecule has 0 unspecified atom stereocenters. The minimum Gasteiger partial charge on any atom is -0.427 e. The second-order valence-electron chi connectivity index (χ2n) is 2.40. The lowest BCUT2D eigenvalue weighted by atomic mass is 10.2. The van der Waals surface area contributed by atoms with Crippen molar-refractivity contribution in [2.24, 2.45) is 0 Å². The monoisotopic (exact) mass is 182 g/mol. The van der Waals surface area contributed by atoms with Crippen molar-refractivity contribution in [1.82, 2.24) is 0 Å². The summed E-state index contributed by atoms with van der Waals surface area (Å²) in [5.41, 5.74) is 1.11. The first-order valence-corrected chi connectivity index (χ1v) is 4.24. The molecule has 0 aliphatic rings. The van der Waals surface area contributed by atoms with Gasteiger partial charge in [0.15, 0.2) is 0 Å². The Morgan fingerprint density at radius 3 is 2.42 bits per heavy atom. The summed E-state index contributed by atoms with van der Waals surface area (Å²) < 4.78 is 4.85. The van der Waals surface area contributed by atoms with E-state index in [9.17, 15) is 4.79 Å². The number of hydrogen-bond acceptors (Lipinski definition) is 3. The third kappa shape index (κ3) is 2.58. The molecule has 0 spiro atoms. The van der Waals surface area contributed by atoms with Crippen molar-refractivity contribution in [3.63, 3.8) is 0 Å². The second kappa shape index (κ2) is 4.16. The van der Waals surface area contributed by atoms with Crippen LogP contribution in [0.4, 0.5) is 0 Å². The highest BCUT2D eigenvalue weighted by Crippen LogP contribution is 2.13. The van der Waals surface area contributed by atoms with Gasteiger partial charge in [-0.2, -0.15) is 12.6 Å². The van der Waals surface area contributed by atoms with Gasteiger partial charge in [0.2, 0.25) is 0 Å². The maximum Gasteiger partial charge on any atom is 0.308 e. The molecule has 64 valence electrons. The number of hydrogen-bond donors (Lipinski definition) is 1. The highest BCUT2D eigenvalue weighted by Gasteiger charge is 1.96. The van der Waals surface area contributed by atoms with E-state index in [2.05, 4.69) is 12.6 Å². The standard InChI is InChI=1S/C9H10O2S/c1-7(10)11-9-4-2-8(6-12)3-5-9/h2-5,12H,6H2,1H3. The van der Waals surface area contributed by atoms with Crippen LogP contribution in [0.3, 0.4) is 0 Å². The highest BCUT2D eigenvalue weighted by atomic mass is 32.1. The number of ether oxygens (including phenoxy) is 1. The number of thiol groups is 1. The number of esters is 1. The van der Waals surface area contributed by atoms with Gasteiger partial charge in [-0.25, -0.2) is 0 Å². The number of benzene rings is 1. The Hall–Kier alpha value is -0.960. The molecular weight excluding hydrogens is 172 g/mol. The summed E-state index contributed by atoms with van der Waals surface area (Å²) in [5.74, 6) is 0.974. The van der Waals surface area contributed by atoms with Gasteiger partial charge in [0.1, 0.15) is 5.75 Å². The van der Waals surface area contributed by atoms with Gasteiger partial charge >= 0.3 is 5.97 Å². The summed E-state index contributed by atoms with van der Waals surface area (Å²) in [6.45, 7) is 1.38. The first kappa shape index (κ1) is 9.13. The Bertz CT molecular complexity index is 266. The maximum absolute atomic E-state index is 10.5. The maximum atomic E-state index is 10.5. The lowest BCUT2D eigenvalue weighted by Crippen LogP contribution is -2.00. The highest BCUT2D eigenvalue weighted by molar-refractivity contribution is 7.79. The Labute approximate surface area is 77.0 Å². The van der Waals surface area contributed by atoms with Gasteiger partial charge in [0.25, 0.3) is 0 Å². The van der Waals surface area contributed by atoms with E-state index in [0.717, 1.165) is 5.56 Å². The fourth-order valence-corrected chi connectivity index (χ4v) is 1.04. The van der Waals surface area contributed by atoms with E-state index in [1.54, 1.807) is 12.1 Å². The van der Waals surface area contributed by atoms with E-state index in [1.165, 1.54) is 6.92 Å². The lowest BCUT2D eigenvalue weighted by molar-refractivity contribution is -0.131. The van der Waals surface area contributed by atoms with Crippen LogP contribution in [0.2, 0.25) is 0 Å². The van der Waals surface area contributed by atoms with Crippen LogP contribution in [0.15, 0.2) is 24.3 Å². The van der Waals surface area contributed by atoms with Crippen LogP contribution in [0, 0.1) is 0 Å². The minimum atomic E-state index is -0.298. The van der Waals surface area contributed by atoms with Gasteiger partial charge in [0, 0.05) is 12.7 Å². The predicted molar refractivity (Wildman–Crippen MR) is 50.4 cm³/mol. The van der Waals surface area contributed by atoms with E-state index in [4.69, 9.17) is 4.74 Å². The smallest absolute Gasteiger partial charge is 0.308 e. The molecule has 12 heavy (non-hydrogen) atoms. The molecule has 0 bridgehead atoms. The second-order valence-corrected chi connectivity index (χ2v) is 2.71. The van der Waals surface area contributed by atoms with Crippen LogP contribution in [0.25, 0.3) is 0 Å². The fourth-order valence-electron chi connectivity index (χ4n) is 0.829. The lowest BCUT2D eigenvalue weighted by Gasteiger charge is -2.00. The molecule has 0 amide bonds. The Morgan fingerprint density at radius 1 is 1.42 bits per heavy atom. The van der Waals surface area contributed by atoms with Gasteiger partial charge in [-0.1, -0.05) is 12.1 Å². The normalized spacial score (nSPS) is 9.50. The summed E-state index contributed by atoms with van der Waals surface area (Å²) in [6.07, 6.45) is 0. The molecule has 0 aliphatic heterocycles. The zero-order chi connectivity index (χ0) is 8.97. The molecule has 0 radical (unpaired) electrons. The van der Waals surface area contributed by atoms with Gasteiger partial charge in [-0.05, 0) is 17.7 Å². The van der Waals surface area contributed by atoms with Crippen molar-refractivity contribution in [2.45, 2.75) is 12.7 Å². The van der Waals surface area contributed by atoms with Gasteiger partial charge < -0.3 is 4.74 Å². The number of rotatable bonds is 2. The summed E-state index contributed by atoms with van der Waals surface area (Å²) >= 11 is 4.11. The van der Waals surface area contributed by atoms with Crippen molar-refractivity contribution in [3.05, 3.63) is 29.8 Å². The van der Waals surface area contributed by atoms with Crippen LogP contribution in [-0.4, -0.2) is 5.97 Å². The average Bonchev–Trinajstić information content (AvgIpc) is 2.05. The first-order valence-electron chi connectivity index (χ1n) is 3.60.